The van der Waals surface area contributed by atoms with E-state index in [2.05, 4.69) is 6.92 Å². The molecule has 0 spiro atoms. The third kappa shape index (κ3) is 4.37. The highest BCUT2D eigenvalue weighted by atomic mass is 16.6. The van der Waals surface area contributed by atoms with Gasteiger partial charge in [-0.05, 0) is 6.42 Å². The molecule has 1 aliphatic heterocycles. The number of aliphatic hydroxyl groups excluding tert-OH is 2. The van der Waals surface area contributed by atoms with Gasteiger partial charge in [-0.1, -0.05) is 19.8 Å². The summed E-state index contributed by atoms with van der Waals surface area (Å²) in [7, 11) is 0. The van der Waals surface area contributed by atoms with E-state index in [0.717, 1.165) is 25.9 Å². The van der Waals surface area contributed by atoms with Crippen LogP contribution in [0.15, 0.2) is 0 Å². The van der Waals surface area contributed by atoms with Crippen LogP contribution in [0.3, 0.4) is 0 Å². The first kappa shape index (κ1) is 11.9. The van der Waals surface area contributed by atoms with Gasteiger partial charge in [0.2, 0.25) is 0 Å². The lowest BCUT2D eigenvalue weighted by molar-refractivity contribution is -0.0401. The minimum Gasteiger partial charge on any atom is -0.394 e. The van der Waals surface area contributed by atoms with Gasteiger partial charge in [0.05, 0.1) is 25.9 Å². The van der Waals surface area contributed by atoms with Crippen molar-refractivity contribution in [3.8, 4) is 0 Å². The van der Waals surface area contributed by atoms with Crippen LogP contribution >= 0.6 is 0 Å². The summed E-state index contributed by atoms with van der Waals surface area (Å²) in [6, 6.07) is 0. The molecule has 4 nitrogen and oxygen atoms in total. The fourth-order valence-electron chi connectivity index (χ4n) is 1.34. The average Bonchev–Trinajstić information content (AvgIpc) is 3.01. The normalized spacial score (nSPS) is 24.6. The number of aliphatic hydroxyl groups is 2. The van der Waals surface area contributed by atoms with Gasteiger partial charge in [-0.25, -0.2) is 0 Å². The summed E-state index contributed by atoms with van der Waals surface area (Å²) in [6.45, 7) is 2.85. The summed E-state index contributed by atoms with van der Waals surface area (Å²) in [4.78, 5) is 0. The molecule has 0 radical (unpaired) electrons. The van der Waals surface area contributed by atoms with Crippen molar-refractivity contribution in [2.45, 2.75) is 44.5 Å². The molecule has 0 saturated carbocycles. The molecule has 0 aromatic heterocycles. The van der Waals surface area contributed by atoms with Gasteiger partial charge in [0.1, 0.15) is 12.2 Å². The molecule has 0 aliphatic carbocycles. The molecular weight excluding hydrogens is 184 g/mol. The Morgan fingerprint density at radius 1 is 1.57 bits per heavy atom. The molecule has 0 aromatic rings. The zero-order valence-electron chi connectivity index (χ0n) is 8.69. The SMILES string of the molecule is CCCCC(OCC(O)CO)C1CO1. The van der Waals surface area contributed by atoms with Crippen molar-refractivity contribution in [2.24, 2.45) is 0 Å². The van der Waals surface area contributed by atoms with Crippen molar-refractivity contribution in [1.29, 1.82) is 0 Å². The minimum atomic E-state index is -0.766. The maximum atomic E-state index is 9.12. The smallest absolute Gasteiger partial charge is 0.107 e. The quantitative estimate of drug-likeness (QED) is 0.559. The Morgan fingerprint density at radius 2 is 2.29 bits per heavy atom. The van der Waals surface area contributed by atoms with Crippen LogP contribution in [0.2, 0.25) is 0 Å². The van der Waals surface area contributed by atoms with E-state index in [-0.39, 0.29) is 25.4 Å². The van der Waals surface area contributed by atoms with E-state index < -0.39 is 6.10 Å². The second-order valence-electron chi connectivity index (χ2n) is 3.72. The molecule has 2 N–H and O–H groups in total. The molecule has 84 valence electrons. The molecule has 14 heavy (non-hydrogen) atoms. The number of hydrogen-bond acceptors (Lipinski definition) is 4. The Bertz CT molecular complexity index is 147. The summed E-state index contributed by atoms with van der Waals surface area (Å²) in [5.74, 6) is 0. The maximum Gasteiger partial charge on any atom is 0.107 e. The second-order valence-corrected chi connectivity index (χ2v) is 3.72. The number of unbranched alkanes of at least 4 members (excludes halogenated alkanes) is 1. The Morgan fingerprint density at radius 3 is 2.79 bits per heavy atom. The fraction of sp³-hybridized carbons (Fsp3) is 1.00. The standard InChI is InChI=1S/C10H20O4/c1-2-3-4-9(10-7-14-10)13-6-8(12)5-11/h8-12H,2-7H2,1H3. The average molecular weight is 204 g/mol. The highest BCUT2D eigenvalue weighted by Gasteiger charge is 2.33. The van der Waals surface area contributed by atoms with Crippen LogP contribution in [-0.4, -0.2) is 48.3 Å². The van der Waals surface area contributed by atoms with E-state index in [1.165, 1.54) is 0 Å². The predicted molar refractivity (Wildman–Crippen MR) is 52.1 cm³/mol. The van der Waals surface area contributed by atoms with Gasteiger partial charge in [0.25, 0.3) is 0 Å². The molecule has 4 heteroatoms. The number of epoxide rings is 1. The first-order valence-electron chi connectivity index (χ1n) is 5.30. The first-order valence-corrected chi connectivity index (χ1v) is 5.30. The number of ether oxygens (including phenoxy) is 2. The topological polar surface area (TPSA) is 62.2 Å². The lowest BCUT2D eigenvalue weighted by atomic mass is 10.1. The summed E-state index contributed by atoms with van der Waals surface area (Å²) in [5.41, 5.74) is 0. The monoisotopic (exact) mass is 204 g/mol. The Balaban J connectivity index is 2.14. The van der Waals surface area contributed by atoms with E-state index >= 15 is 0 Å². The molecule has 3 atom stereocenters. The Hall–Kier alpha value is -0.160. The number of hydrogen-bond donors (Lipinski definition) is 2. The van der Waals surface area contributed by atoms with Gasteiger partial charge < -0.3 is 19.7 Å². The third-order valence-corrected chi connectivity index (χ3v) is 2.33. The van der Waals surface area contributed by atoms with E-state index in [1.54, 1.807) is 0 Å². The summed E-state index contributed by atoms with van der Waals surface area (Å²) >= 11 is 0. The zero-order valence-corrected chi connectivity index (χ0v) is 8.69. The van der Waals surface area contributed by atoms with Crippen LogP contribution < -0.4 is 0 Å². The molecule has 1 aliphatic rings. The highest BCUT2D eigenvalue weighted by molar-refractivity contribution is 4.80. The lowest BCUT2D eigenvalue weighted by Crippen LogP contribution is -2.27. The van der Waals surface area contributed by atoms with Crippen molar-refractivity contribution in [1.82, 2.24) is 0 Å². The molecule has 0 aromatic carbocycles. The van der Waals surface area contributed by atoms with Crippen molar-refractivity contribution in [2.75, 3.05) is 19.8 Å². The van der Waals surface area contributed by atoms with Crippen LogP contribution in [-0.2, 0) is 9.47 Å². The van der Waals surface area contributed by atoms with Gasteiger partial charge in [0, 0.05) is 0 Å². The second kappa shape index (κ2) is 6.35. The molecule has 1 fully saturated rings. The fourth-order valence-corrected chi connectivity index (χ4v) is 1.34. The summed E-state index contributed by atoms with van der Waals surface area (Å²) < 4.78 is 10.7. The minimum absolute atomic E-state index is 0.0937. The van der Waals surface area contributed by atoms with Crippen molar-refractivity contribution in [3.05, 3.63) is 0 Å². The molecule has 3 unspecified atom stereocenters. The van der Waals surface area contributed by atoms with Gasteiger partial charge in [-0.3, -0.25) is 0 Å². The molecular formula is C10H20O4. The predicted octanol–water partition coefficient (Wildman–Crippen LogP) is 0.314. The van der Waals surface area contributed by atoms with Gasteiger partial charge in [0.15, 0.2) is 0 Å². The Labute approximate surface area is 84.8 Å². The largest absolute Gasteiger partial charge is 0.394 e. The Kier molecular flexibility index (Phi) is 5.40. The molecule has 0 bridgehead atoms. The lowest BCUT2D eigenvalue weighted by Gasteiger charge is -2.17. The van der Waals surface area contributed by atoms with Crippen LogP contribution in [0.5, 0.6) is 0 Å². The van der Waals surface area contributed by atoms with Crippen LogP contribution in [0.1, 0.15) is 26.2 Å². The van der Waals surface area contributed by atoms with E-state index in [9.17, 15) is 0 Å². The van der Waals surface area contributed by atoms with Crippen molar-refractivity contribution >= 4 is 0 Å². The van der Waals surface area contributed by atoms with Gasteiger partial charge in [-0.2, -0.15) is 0 Å². The van der Waals surface area contributed by atoms with E-state index in [1.807, 2.05) is 0 Å². The van der Waals surface area contributed by atoms with Gasteiger partial charge >= 0.3 is 0 Å². The first-order chi connectivity index (χ1) is 6.77. The third-order valence-electron chi connectivity index (χ3n) is 2.33. The van der Waals surface area contributed by atoms with Crippen molar-refractivity contribution in [3.63, 3.8) is 0 Å². The van der Waals surface area contributed by atoms with Crippen LogP contribution in [0.4, 0.5) is 0 Å². The number of rotatable bonds is 8. The van der Waals surface area contributed by atoms with E-state index in [0.29, 0.717) is 0 Å². The molecule has 1 heterocycles. The highest BCUT2D eigenvalue weighted by Crippen LogP contribution is 2.21. The summed E-state index contributed by atoms with van der Waals surface area (Å²) in [6.07, 6.45) is 2.76. The van der Waals surface area contributed by atoms with Crippen LogP contribution in [0, 0.1) is 0 Å². The van der Waals surface area contributed by atoms with Crippen LogP contribution in [0.25, 0.3) is 0 Å². The molecule has 1 rings (SSSR count). The maximum absolute atomic E-state index is 9.12. The molecule has 0 amide bonds. The van der Waals surface area contributed by atoms with Gasteiger partial charge in [-0.15, -0.1) is 0 Å². The molecule has 1 saturated heterocycles. The van der Waals surface area contributed by atoms with E-state index in [4.69, 9.17) is 19.7 Å². The van der Waals surface area contributed by atoms with Crippen molar-refractivity contribution < 1.29 is 19.7 Å². The zero-order chi connectivity index (χ0) is 10.4. The summed E-state index contributed by atoms with van der Waals surface area (Å²) in [5, 5.41) is 17.7.